The monoisotopic (exact) mass is 490 g/mol. The zero-order valence-electron chi connectivity index (χ0n) is 19.2. The highest BCUT2D eigenvalue weighted by Crippen LogP contribution is 2.31. The number of Topliss-reactive ketones (excluding diaryl/α,β-unsaturated/α-hetero) is 1. The van der Waals surface area contributed by atoms with Crippen LogP contribution in [0, 0.1) is 0 Å². The number of para-hydroxylation sites is 1. The highest BCUT2D eigenvalue weighted by atomic mass is 32.2. The third kappa shape index (κ3) is 5.13. The highest BCUT2D eigenvalue weighted by Gasteiger charge is 2.40. The lowest BCUT2D eigenvalue weighted by atomic mass is 10.0. The van der Waals surface area contributed by atoms with Crippen molar-refractivity contribution in [3.63, 3.8) is 0 Å². The molecule has 2 aromatic heterocycles. The quantitative estimate of drug-likeness (QED) is 0.336. The first-order chi connectivity index (χ1) is 17.0. The van der Waals surface area contributed by atoms with Crippen LogP contribution in [-0.2, 0) is 27.8 Å². The second-order valence-electron chi connectivity index (χ2n) is 8.64. The zero-order valence-corrected chi connectivity index (χ0v) is 20.0. The number of carbonyl (C=O) groups is 1. The van der Waals surface area contributed by atoms with Crippen molar-refractivity contribution in [2.24, 2.45) is 0 Å². The van der Waals surface area contributed by atoms with E-state index in [2.05, 4.69) is 4.98 Å². The van der Waals surface area contributed by atoms with Gasteiger partial charge in [-0.25, -0.2) is 8.42 Å². The van der Waals surface area contributed by atoms with Gasteiger partial charge in [-0.05, 0) is 49.1 Å². The van der Waals surface area contributed by atoms with Crippen molar-refractivity contribution in [3.8, 4) is 5.75 Å². The van der Waals surface area contributed by atoms with Gasteiger partial charge in [0, 0.05) is 42.4 Å². The lowest BCUT2D eigenvalue weighted by molar-refractivity contribution is -0.122. The smallest absolute Gasteiger partial charge is 0.277 e. The predicted molar refractivity (Wildman–Crippen MR) is 131 cm³/mol. The zero-order chi connectivity index (χ0) is 24.3. The van der Waals surface area contributed by atoms with Crippen molar-refractivity contribution in [1.82, 2.24) is 9.29 Å². The molecule has 4 aromatic rings. The van der Waals surface area contributed by atoms with Gasteiger partial charge >= 0.3 is 0 Å². The Balaban J connectivity index is 1.23. The number of hydrogen-bond donors (Lipinski definition) is 0. The van der Waals surface area contributed by atoms with Crippen molar-refractivity contribution in [2.75, 3.05) is 6.54 Å². The van der Waals surface area contributed by atoms with Gasteiger partial charge in [-0.2, -0.15) is 4.31 Å². The molecule has 0 unspecified atom stereocenters. The molecule has 1 aliphatic heterocycles. The first-order valence-corrected chi connectivity index (χ1v) is 13.1. The van der Waals surface area contributed by atoms with E-state index in [-0.39, 0.29) is 17.3 Å². The van der Waals surface area contributed by atoms with E-state index in [1.807, 2.05) is 42.5 Å². The molecule has 2 aromatic carbocycles. The maximum atomic E-state index is 13.3. The van der Waals surface area contributed by atoms with Crippen molar-refractivity contribution < 1.29 is 22.4 Å². The van der Waals surface area contributed by atoms with Gasteiger partial charge in [-0.1, -0.05) is 36.4 Å². The number of sulfonamides is 1. The first-order valence-electron chi connectivity index (χ1n) is 11.6. The summed E-state index contributed by atoms with van der Waals surface area (Å²) in [4.78, 5) is 17.2. The summed E-state index contributed by atoms with van der Waals surface area (Å²) < 4.78 is 39.3. The maximum absolute atomic E-state index is 13.3. The van der Waals surface area contributed by atoms with Crippen molar-refractivity contribution in [3.05, 3.63) is 90.3 Å². The summed E-state index contributed by atoms with van der Waals surface area (Å²) in [5, 5.41) is 0.607. The molecular weight excluding hydrogens is 464 g/mol. The molecule has 0 amide bonds. The normalized spacial score (nSPS) is 16.5. The number of furan rings is 1. The van der Waals surface area contributed by atoms with Crippen LogP contribution in [0.1, 0.15) is 30.4 Å². The molecule has 0 radical (unpaired) electrons. The minimum atomic E-state index is -3.90. The average Bonchev–Trinajstić information content (AvgIpc) is 3.55. The topological polar surface area (TPSA) is 89.7 Å². The lowest BCUT2D eigenvalue weighted by Crippen LogP contribution is -2.40. The third-order valence-electron chi connectivity index (χ3n) is 6.23. The summed E-state index contributed by atoms with van der Waals surface area (Å²) in [7, 11) is -3.90. The highest BCUT2D eigenvalue weighted by molar-refractivity contribution is 7.89. The molecule has 35 heavy (non-hydrogen) atoms. The van der Waals surface area contributed by atoms with E-state index in [0.29, 0.717) is 43.7 Å². The molecule has 0 spiro atoms. The van der Waals surface area contributed by atoms with E-state index in [9.17, 15) is 13.2 Å². The van der Waals surface area contributed by atoms with Crippen LogP contribution in [0.3, 0.4) is 0 Å². The average molecular weight is 491 g/mol. The van der Waals surface area contributed by atoms with E-state index in [1.54, 1.807) is 30.6 Å². The van der Waals surface area contributed by atoms with E-state index in [4.69, 9.17) is 9.15 Å². The van der Waals surface area contributed by atoms with E-state index < -0.39 is 16.1 Å². The number of rotatable bonds is 9. The molecule has 8 heteroatoms. The van der Waals surface area contributed by atoms with Gasteiger partial charge in [-0.15, -0.1) is 0 Å². The molecule has 0 bridgehead atoms. The summed E-state index contributed by atoms with van der Waals surface area (Å²) >= 11 is 0. The standard InChI is InChI=1S/C27H26N2O5S/c30-25(13-12-20-6-3-9-23(16-20)33-19-21-7-4-14-28-18-21)24-10-5-15-29(24)35(31,32)27-17-22-8-1-2-11-26(22)34-27/h1-4,6-9,11,14,16-18,24H,5,10,12-13,15,19H2/t24-/m0/s1. The van der Waals surface area contributed by atoms with Gasteiger partial charge in [0.15, 0.2) is 5.78 Å². The molecule has 3 heterocycles. The van der Waals surface area contributed by atoms with E-state index in [0.717, 1.165) is 16.5 Å². The summed E-state index contributed by atoms with van der Waals surface area (Å²) in [6.45, 7) is 0.723. The van der Waals surface area contributed by atoms with Crippen LogP contribution in [0.15, 0.2) is 88.6 Å². The molecule has 0 aliphatic carbocycles. The fourth-order valence-electron chi connectivity index (χ4n) is 4.42. The first kappa shape index (κ1) is 23.3. The van der Waals surface area contributed by atoms with Crippen LogP contribution >= 0.6 is 0 Å². The van der Waals surface area contributed by atoms with Crippen LogP contribution in [0.5, 0.6) is 5.75 Å². The molecule has 0 N–H and O–H groups in total. The van der Waals surface area contributed by atoms with Crippen molar-refractivity contribution in [1.29, 1.82) is 0 Å². The Hall–Kier alpha value is -3.49. The van der Waals surface area contributed by atoms with Gasteiger partial charge < -0.3 is 9.15 Å². The summed E-state index contributed by atoms with van der Waals surface area (Å²) in [5.41, 5.74) is 2.45. The number of carbonyl (C=O) groups excluding carboxylic acids is 1. The van der Waals surface area contributed by atoms with Crippen LogP contribution in [0.2, 0.25) is 0 Å². The SMILES string of the molecule is O=C(CCc1cccc(OCc2cccnc2)c1)[C@@H]1CCCN1S(=O)(=O)c1cc2ccccc2o1. The summed E-state index contributed by atoms with van der Waals surface area (Å²) in [5.74, 6) is 0.637. The largest absolute Gasteiger partial charge is 0.489 e. The Labute approximate surface area is 204 Å². The fraction of sp³-hybridized carbons (Fsp3) is 0.259. The van der Waals surface area contributed by atoms with Crippen LogP contribution in [-0.4, -0.2) is 36.1 Å². The van der Waals surface area contributed by atoms with Gasteiger partial charge in [0.2, 0.25) is 5.09 Å². The number of ketones is 1. The van der Waals surface area contributed by atoms with Crippen LogP contribution in [0.4, 0.5) is 0 Å². The molecule has 0 saturated carbocycles. The van der Waals surface area contributed by atoms with Crippen LogP contribution < -0.4 is 4.74 Å². The number of nitrogens with zero attached hydrogens (tertiary/aromatic N) is 2. The van der Waals surface area contributed by atoms with Gasteiger partial charge in [0.1, 0.15) is 17.9 Å². The molecular formula is C27H26N2O5S. The van der Waals surface area contributed by atoms with E-state index in [1.165, 1.54) is 10.4 Å². The molecule has 180 valence electrons. The Bertz CT molecular complexity index is 1400. The lowest BCUT2D eigenvalue weighted by Gasteiger charge is -2.21. The molecule has 1 fully saturated rings. The second-order valence-corrected chi connectivity index (χ2v) is 10.5. The number of pyridine rings is 1. The predicted octanol–water partition coefficient (Wildman–Crippen LogP) is 4.76. The molecule has 5 rings (SSSR count). The number of aryl methyl sites for hydroxylation is 1. The Morgan fingerprint density at radius 1 is 1.06 bits per heavy atom. The number of benzene rings is 2. The molecule has 1 aliphatic rings. The number of hydrogen-bond acceptors (Lipinski definition) is 6. The molecule has 1 atom stereocenters. The van der Waals surface area contributed by atoms with Crippen molar-refractivity contribution >= 4 is 26.8 Å². The molecule has 1 saturated heterocycles. The molecule has 7 nitrogen and oxygen atoms in total. The minimum Gasteiger partial charge on any atom is -0.489 e. The Morgan fingerprint density at radius 3 is 2.74 bits per heavy atom. The summed E-state index contributed by atoms with van der Waals surface area (Å²) in [6.07, 6.45) is 5.41. The minimum absolute atomic E-state index is 0.0798. The number of fused-ring (bicyclic) bond motifs is 1. The fourth-order valence-corrected chi connectivity index (χ4v) is 6.05. The van der Waals surface area contributed by atoms with Gasteiger partial charge in [0.25, 0.3) is 10.0 Å². The Morgan fingerprint density at radius 2 is 1.91 bits per heavy atom. The van der Waals surface area contributed by atoms with Gasteiger partial charge in [0.05, 0.1) is 6.04 Å². The Kier molecular flexibility index (Phi) is 6.66. The van der Waals surface area contributed by atoms with E-state index >= 15 is 0 Å². The second kappa shape index (κ2) is 10.0. The van der Waals surface area contributed by atoms with Crippen LogP contribution in [0.25, 0.3) is 11.0 Å². The van der Waals surface area contributed by atoms with Gasteiger partial charge in [-0.3, -0.25) is 9.78 Å². The number of aromatic nitrogens is 1. The maximum Gasteiger partial charge on any atom is 0.277 e. The van der Waals surface area contributed by atoms with Crippen molar-refractivity contribution in [2.45, 2.75) is 43.4 Å². The third-order valence-corrected chi connectivity index (χ3v) is 7.99. The number of ether oxygens (including phenoxy) is 1. The summed E-state index contributed by atoms with van der Waals surface area (Å²) in [6, 6.07) is 19.5.